The molecule has 1 saturated carbocycles. The number of hydrogen-bond acceptors (Lipinski definition) is 4. The van der Waals surface area contributed by atoms with Crippen LogP contribution < -0.4 is 5.73 Å². The number of carbonyl (C=O) groups is 1. The Morgan fingerprint density at radius 3 is 2.61 bits per heavy atom. The molecule has 0 spiro atoms. The first kappa shape index (κ1) is 23.9. The van der Waals surface area contributed by atoms with Gasteiger partial charge < -0.3 is 10.3 Å². The van der Waals surface area contributed by atoms with Gasteiger partial charge in [-0.25, -0.2) is 9.67 Å². The van der Waals surface area contributed by atoms with Gasteiger partial charge in [0.1, 0.15) is 0 Å². The van der Waals surface area contributed by atoms with Crippen LogP contribution in [0, 0.1) is 5.92 Å². The molecule has 0 atom stereocenters. The lowest BCUT2D eigenvalue weighted by molar-refractivity contribution is -0.140. The lowest BCUT2D eigenvalue weighted by atomic mass is 9.80. The molecule has 0 aliphatic heterocycles. The first-order valence-electron chi connectivity index (χ1n) is 12.3. The van der Waals surface area contributed by atoms with Crippen LogP contribution in [0.4, 0.5) is 13.2 Å². The van der Waals surface area contributed by atoms with Crippen molar-refractivity contribution in [1.82, 2.24) is 24.3 Å². The van der Waals surface area contributed by atoms with Gasteiger partial charge in [0, 0.05) is 29.7 Å². The molecule has 6 rings (SSSR count). The number of imidazole rings is 1. The second-order valence-corrected chi connectivity index (χ2v) is 9.55. The van der Waals surface area contributed by atoms with Crippen LogP contribution in [0.5, 0.6) is 0 Å². The molecule has 192 valence electrons. The summed E-state index contributed by atoms with van der Waals surface area (Å²) in [5.74, 6) is -0.173. The summed E-state index contributed by atoms with van der Waals surface area (Å²) in [7, 11) is 0. The van der Waals surface area contributed by atoms with E-state index in [1.165, 1.54) is 17.1 Å². The smallest absolute Gasteiger partial charge is 0.366 e. The molecule has 0 bridgehead atoms. The van der Waals surface area contributed by atoms with Gasteiger partial charge in [-0.15, -0.1) is 0 Å². The summed E-state index contributed by atoms with van der Waals surface area (Å²) in [6.45, 7) is 0. The van der Waals surface area contributed by atoms with Gasteiger partial charge in [0.25, 0.3) is 0 Å². The minimum absolute atomic E-state index is 0.0382. The van der Waals surface area contributed by atoms with Crippen molar-refractivity contribution in [2.24, 2.45) is 11.7 Å². The number of carbonyl (C=O) groups excluding carboxylic acids is 1. The number of nitrogens with zero attached hydrogens (tertiary/aromatic N) is 5. The molecule has 1 amide bonds. The molecular weight excluding hydrogens is 493 g/mol. The Hall–Kier alpha value is -4.47. The van der Waals surface area contributed by atoms with Crippen molar-refractivity contribution in [2.45, 2.75) is 31.9 Å². The molecule has 3 aromatic heterocycles. The fourth-order valence-corrected chi connectivity index (χ4v) is 4.98. The number of nitrogens with two attached hydrogens (primary N) is 1. The average Bonchev–Trinajstić information content (AvgIpc) is 3.52. The van der Waals surface area contributed by atoms with Crippen LogP contribution in [0.3, 0.4) is 0 Å². The molecule has 0 radical (unpaired) electrons. The van der Waals surface area contributed by atoms with Crippen molar-refractivity contribution < 1.29 is 18.0 Å². The lowest BCUT2D eigenvalue weighted by Crippen LogP contribution is -2.17. The SMILES string of the molecule is NC(=O)c1ccc(-n2nc(C(F)(F)F)c3c(-n4cnc(-c5cccnc5)c4)cccc32)c(CC2CCC2)c1. The van der Waals surface area contributed by atoms with Crippen LogP contribution in [-0.2, 0) is 12.6 Å². The highest BCUT2D eigenvalue weighted by Gasteiger charge is 2.38. The molecule has 1 aliphatic carbocycles. The van der Waals surface area contributed by atoms with Crippen molar-refractivity contribution in [1.29, 1.82) is 0 Å². The second-order valence-electron chi connectivity index (χ2n) is 9.55. The minimum Gasteiger partial charge on any atom is -0.366 e. The Morgan fingerprint density at radius 1 is 1.08 bits per heavy atom. The summed E-state index contributed by atoms with van der Waals surface area (Å²) in [5.41, 5.74) is 8.02. The van der Waals surface area contributed by atoms with E-state index in [-0.39, 0.29) is 5.39 Å². The molecule has 7 nitrogen and oxygen atoms in total. The standard InChI is InChI=1S/C28H23F3N6O/c29-28(30,31)26-25-23(36-15-21(34-16-36)19-6-3-11-33-14-19)7-2-8-24(25)37(35-26)22-10-9-18(27(32)38)13-20(22)12-17-4-1-5-17/h2-3,6-11,13-17H,1,4-5,12H2,(H2,32,38). The van der Waals surface area contributed by atoms with Crippen LogP contribution in [0.15, 0.2) is 73.4 Å². The Bertz CT molecular complexity index is 1650. The van der Waals surface area contributed by atoms with E-state index >= 15 is 0 Å². The van der Waals surface area contributed by atoms with Gasteiger partial charge in [0.05, 0.1) is 34.3 Å². The predicted molar refractivity (Wildman–Crippen MR) is 136 cm³/mol. The van der Waals surface area contributed by atoms with E-state index in [2.05, 4.69) is 15.1 Å². The van der Waals surface area contributed by atoms with Gasteiger partial charge in [-0.05, 0) is 60.4 Å². The number of primary amides is 1. The van der Waals surface area contributed by atoms with Gasteiger partial charge in [-0.1, -0.05) is 25.3 Å². The largest absolute Gasteiger partial charge is 0.435 e. The number of alkyl halides is 3. The van der Waals surface area contributed by atoms with E-state index in [4.69, 9.17) is 5.73 Å². The highest BCUT2D eigenvalue weighted by Crippen LogP contribution is 2.39. The van der Waals surface area contributed by atoms with Crippen LogP contribution in [0.25, 0.3) is 33.5 Å². The summed E-state index contributed by atoms with van der Waals surface area (Å²) < 4.78 is 46.1. The van der Waals surface area contributed by atoms with Gasteiger partial charge in [-0.2, -0.15) is 18.3 Å². The van der Waals surface area contributed by atoms with Crippen LogP contribution in [0.2, 0.25) is 0 Å². The van der Waals surface area contributed by atoms with Crippen molar-refractivity contribution >= 4 is 16.8 Å². The number of amides is 1. The van der Waals surface area contributed by atoms with E-state index in [1.807, 2.05) is 6.07 Å². The molecule has 3 heterocycles. The van der Waals surface area contributed by atoms with E-state index < -0.39 is 17.8 Å². The van der Waals surface area contributed by atoms with Crippen LogP contribution in [0.1, 0.15) is 40.9 Å². The van der Waals surface area contributed by atoms with Crippen molar-refractivity contribution in [3.63, 3.8) is 0 Å². The molecule has 1 aliphatic rings. The molecule has 2 N–H and O–H groups in total. The molecule has 2 aromatic carbocycles. The predicted octanol–water partition coefficient (Wildman–Crippen LogP) is 5.73. The minimum atomic E-state index is -4.70. The molecule has 0 saturated heterocycles. The zero-order chi connectivity index (χ0) is 26.4. The van der Waals surface area contributed by atoms with Crippen molar-refractivity contribution in [3.05, 3.63) is 90.3 Å². The Balaban J connectivity index is 1.54. The average molecular weight is 517 g/mol. The third-order valence-corrected chi connectivity index (χ3v) is 7.10. The third kappa shape index (κ3) is 4.21. The normalized spacial score (nSPS) is 14.1. The Kier molecular flexibility index (Phi) is 5.74. The molecule has 5 aromatic rings. The quantitative estimate of drug-likeness (QED) is 0.312. The fraction of sp³-hybridized carbons (Fsp3) is 0.214. The maximum atomic E-state index is 14.4. The summed E-state index contributed by atoms with van der Waals surface area (Å²) >= 11 is 0. The van der Waals surface area contributed by atoms with E-state index in [1.54, 1.807) is 59.6 Å². The zero-order valence-corrected chi connectivity index (χ0v) is 20.2. The second kappa shape index (κ2) is 9.13. The molecular formula is C28H23F3N6O. The van der Waals surface area contributed by atoms with Gasteiger partial charge >= 0.3 is 6.18 Å². The lowest BCUT2D eigenvalue weighted by Gasteiger charge is -2.26. The number of aromatic nitrogens is 5. The monoisotopic (exact) mass is 516 g/mol. The van der Waals surface area contributed by atoms with Crippen LogP contribution in [-0.4, -0.2) is 30.2 Å². The number of hydrogen-bond donors (Lipinski definition) is 1. The molecule has 1 fully saturated rings. The Morgan fingerprint density at radius 2 is 1.92 bits per heavy atom. The zero-order valence-electron chi connectivity index (χ0n) is 20.2. The van der Waals surface area contributed by atoms with Gasteiger partial charge in [-0.3, -0.25) is 9.78 Å². The summed E-state index contributed by atoms with van der Waals surface area (Å²) in [5, 5.41) is 4.06. The highest BCUT2D eigenvalue weighted by molar-refractivity contribution is 5.94. The number of halogens is 3. The summed E-state index contributed by atoms with van der Waals surface area (Å²) in [6.07, 6.45) is 5.57. The third-order valence-electron chi connectivity index (χ3n) is 7.10. The summed E-state index contributed by atoms with van der Waals surface area (Å²) in [6, 6.07) is 13.4. The number of pyridine rings is 1. The topological polar surface area (TPSA) is 91.6 Å². The van der Waals surface area contributed by atoms with Gasteiger partial charge in [0.2, 0.25) is 5.91 Å². The van der Waals surface area contributed by atoms with E-state index in [0.29, 0.717) is 40.5 Å². The number of fused-ring (bicyclic) bond motifs is 1. The molecule has 10 heteroatoms. The maximum absolute atomic E-state index is 14.4. The van der Waals surface area contributed by atoms with Crippen LogP contribution >= 0.6 is 0 Å². The van der Waals surface area contributed by atoms with Crippen molar-refractivity contribution in [3.8, 4) is 22.6 Å². The number of rotatable bonds is 6. The molecule has 0 unspecified atom stereocenters. The summed E-state index contributed by atoms with van der Waals surface area (Å²) in [4.78, 5) is 20.3. The van der Waals surface area contributed by atoms with Crippen molar-refractivity contribution in [2.75, 3.05) is 0 Å². The van der Waals surface area contributed by atoms with Gasteiger partial charge in [0.15, 0.2) is 5.69 Å². The molecule has 38 heavy (non-hydrogen) atoms. The van der Waals surface area contributed by atoms with E-state index in [0.717, 1.165) is 30.4 Å². The highest BCUT2D eigenvalue weighted by atomic mass is 19.4. The first-order chi connectivity index (χ1) is 18.3. The fourth-order valence-electron chi connectivity index (χ4n) is 4.98. The van der Waals surface area contributed by atoms with E-state index in [9.17, 15) is 18.0 Å². The first-order valence-corrected chi connectivity index (χ1v) is 12.3. The maximum Gasteiger partial charge on any atom is 0.435 e. The Labute approximate surface area is 215 Å². The number of benzene rings is 2.